The number of carbonyl (C=O) groups is 5. The van der Waals surface area contributed by atoms with E-state index in [-0.39, 0.29) is 48.7 Å². The lowest BCUT2D eigenvalue weighted by molar-refractivity contribution is -0.131. The molecule has 0 fully saturated rings. The van der Waals surface area contributed by atoms with Crippen LogP contribution in [-0.4, -0.2) is 64.1 Å². The van der Waals surface area contributed by atoms with Crippen molar-refractivity contribution in [3.05, 3.63) is 64.7 Å². The summed E-state index contributed by atoms with van der Waals surface area (Å²) in [6.07, 6.45) is 3.45. The van der Waals surface area contributed by atoms with Gasteiger partial charge in [0.05, 0.1) is 17.0 Å². The van der Waals surface area contributed by atoms with E-state index in [1.165, 1.54) is 29.2 Å². The first-order chi connectivity index (χ1) is 18.2. The SMILES string of the molecule is CCCc1ccc(CCC(=O)NCC(C=NC(=O)CCN2C(=O)c3ccc(O)cc3C2=O)C(=O)NO)cc1. The van der Waals surface area contributed by atoms with Crippen LogP contribution in [0.1, 0.15) is 58.0 Å². The minimum absolute atomic E-state index is 0.0508. The van der Waals surface area contributed by atoms with Gasteiger partial charge in [-0.2, -0.15) is 0 Å². The van der Waals surface area contributed by atoms with Crippen LogP contribution in [0, 0.1) is 5.92 Å². The normalized spacial score (nSPS) is 13.5. The van der Waals surface area contributed by atoms with Gasteiger partial charge < -0.3 is 10.4 Å². The number of aryl methyl sites for hydroxylation is 2. The van der Waals surface area contributed by atoms with Gasteiger partial charge in [-0.05, 0) is 42.2 Å². The maximum atomic E-state index is 12.4. The van der Waals surface area contributed by atoms with Crippen LogP contribution in [0.25, 0.3) is 0 Å². The minimum Gasteiger partial charge on any atom is -0.508 e. The number of carbonyl (C=O) groups excluding carboxylic acids is 5. The molecule has 11 heteroatoms. The molecule has 1 atom stereocenters. The van der Waals surface area contributed by atoms with Crippen LogP contribution < -0.4 is 10.8 Å². The van der Waals surface area contributed by atoms with Gasteiger partial charge in [-0.25, -0.2) is 10.5 Å². The molecule has 5 amide bonds. The number of hydroxylamine groups is 1. The molecule has 0 aromatic heterocycles. The number of nitrogens with zero attached hydrogens (tertiary/aromatic N) is 2. The van der Waals surface area contributed by atoms with E-state index in [0.717, 1.165) is 29.5 Å². The molecule has 200 valence electrons. The third-order valence-electron chi connectivity index (χ3n) is 6.07. The second kappa shape index (κ2) is 13.2. The number of fused-ring (bicyclic) bond motifs is 1. The van der Waals surface area contributed by atoms with Gasteiger partial charge >= 0.3 is 0 Å². The summed E-state index contributed by atoms with van der Waals surface area (Å²) in [5.41, 5.74) is 3.90. The van der Waals surface area contributed by atoms with Crippen molar-refractivity contribution in [3.63, 3.8) is 0 Å². The molecule has 4 N–H and O–H groups in total. The third-order valence-corrected chi connectivity index (χ3v) is 6.07. The molecule has 1 heterocycles. The Hall–Kier alpha value is -4.38. The Morgan fingerprint density at radius 3 is 2.29 bits per heavy atom. The van der Waals surface area contributed by atoms with Crippen LogP contribution in [-0.2, 0) is 27.2 Å². The average molecular weight is 523 g/mol. The highest BCUT2D eigenvalue weighted by Crippen LogP contribution is 2.26. The second-order valence-corrected chi connectivity index (χ2v) is 8.87. The second-order valence-electron chi connectivity index (χ2n) is 8.87. The van der Waals surface area contributed by atoms with E-state index in [1.54, 1.807) is 0 Å². The van der Waals surface area contributed by atoms with Gasteiger partial charge in [-0.15, -0.1) is 0 Å². The van der Waals surface area contributed by atoms with E-state index in [0.29, 0.717) is 6.42 Å². The summed E-state index contributed by atoms with van der Waals surface area (Å²) in [7, 11) is 0. The standard InChI is InChI=1S/C27H30N4O7/c1-2-3-17-4-6-18(7-5-17)8-11-23(33)28-15-19(25(35)30-38)16-29-24(34)12-13-31-26(36)21-10-9-20(32)14-22(21)27(31)37/h4-7,9-10,14,16,19,32,38H,2-3,8,11-13,15H2,1H3,(H,28,33)(H,30,35). The first-order valence-electron chi connectivity index (χ1n) is 12.3. The van der Waals surface area contributed by atoms with Crippen molar-refractivity contribution >= 4 is 35.8 Å². The number of rotatable bonds is 12. The maximum Gasteiger partial charge on any atom is 0.261 e. The number of aliphatic imine (C=N–C) groups is 1. The van der Waals surface area contributed by atoms with Crippen molar-refractivity contribution in [3.8, 4) is 5.75 Å². The largest absolute Gasteiger partial charge is 0.508 e. The molecule has 1 unspecified atom stereocenters. The zero-order chi connectivity index (χ0) is 27.7. The van der Waals surface area contributed by atoms with Gasteiger partial charge in [0, 0.05) is 32.1 Å². The van der Waals surface area contributed by atoms with Crippen LogP contribution in [0.2, 0.25) is 0 Å². The summed E-state index contributed by atoms with van der Waals surface area (Å²) in [6, 6.07) is 11.8. The molecule has 2 aromatic rings. The number of hydrogen-bond acceptors (Lipinski definition) is 7. The Balaban J connectivity index is 1.48. The van der Waals surface area contributed by atoms with Crippen LogP contribution in [0.4, 0.5) is 0 Å². The van der Waals surface area contributed by atoms with Crippen molar-refractivity contribution in [1.29, 1.82) is 0 Å². The quantitative estimate of drug-likeness (QED) is 0.143. The minimum atomic E-state index is -1.12. The molecule has 11 nitrogen and oxygen atoms in total. The average Bonchev–Trinajstić information content (AvgIpc) is 3.14. The van der Waals surface area contributed by atoms with Crippen molar-refractivity contribution < 1.29 is 34.3 Å². The van der Waals surface area contributed by atoms with Crippen molar-refractivity contribution in [2.24, 2.45) is 10.9 Å². The Morgan fingerprint density at radius 2 is 1.63 bits per heavy atom. The molecular weight excluding hydrogens is 492 g/mol. The summed E-state index contributed by atoms with van der Waals surface area (Å²) in [5.74, 6) is -4.38. The lowest BCUT2D eigenvalue weighted by Gasteiger charge is -2.13. The van der Waals surface area contributed by atoms with Gasteiger partial charge in [0.2, 0.25) is 11.8 Å². The molecule has 0 aliphatic carbocycles. The van der Waals surface area contributed by atoms with E-state index >= 15 is 0 Å². The topological polar surface area (TPSA) is 165 Å². The van der Waals surface area contributed by atoms with Gasteiger partial charge in [0.1, 0.15) is 5.75 Å². The number of nitrogens with one attached hydrogen (secondary N) is 2. The molecule has 0 saturated heterocycles. The summed E-state index contributed by atoms with van der Waals surface area (Å²) in [4.78, 5) is 65.9. The number of imide groups is 1. The first kappa shape index (κ1) is 28.2. The van der Waals surface area contributed by atoms with Crippen molar-refractivity contribution in [1.82, 2.24) is 15.7 Å². The molecule has 1 aliphatic rings. The molecule has 0 radical (unpaired) electrons. The van der Waals surface area contributed by atoms with E-state index in [4.69, 9.17) is 5.21 Å². The smallest absolute Gasteiger partial charge is 0.261 e. The predicted molar refractivity (Wildman–Crippen MR) is 137 cm³/mol. The highest BCUT2D eigenvalue weighted by molar-refractivity contribution is 6.21. The van der Waals surface area contributed by atoms with Crippen LogP contribution in [0.15, 0.2) is 47.5 Å². The van der Waals surface area contributed by atoms with Gasteiger partial charge in [-0.1, -0.05) is 37.6 Å². The van der Waals surface area contributed by atoms with Crippen LogP contribution >= 0.6 is 0 Å². The third kappa shape index (κ3) is 7.32. The van der Waals surface area contributed by atoms with Gasteiger partial charge in [0.25, 0.3) is 17.7 Å². The van der Waals surface area contributed by atoms with Crippen molar-refractivity contribution in [2.75, 3.05) is 13.1 Å². The molecular formula is C27H30N4O7. The maximum absolute atomic E-state index is 12.4. The lowest BCUT2D eigenvalue weighted by Crippen LogP contribution is -2.38. The Bertz CT molecular complexity index is 1240. The molecule has 0 bridgehead atoms. The Labute approximate surface area is 219 Å². The molecule has 0 spiro atoms. The number of benzene rings is 2. The molecule has 38 heavy (non-hydrogen) atoms. The predicted octanol–water partition coefficient (Wildman–Crippen LogP) is 1.80. The highest BCUT2D eigenvalue weighted by atomic mass is 16.5. The molecule has 1 aliphatic heterocycles. The fraction of sp³-hybridized carbons (Fsp3) is 0.333. The number of phenols is 1. The monoisotopic (exact) mass is 522 g/mol. The Kier molecular flexibility index (Phi) is 9.83. The highest BCUT2D eigenvalue weighted by Gasteiger charge is 2.35. The molecule has 2 aromatic carbocycles. The fourth-order valence-electron chi connectivity index (χ4n) is 3.95. The zero-order valence-electron chi connectivity index (χ0n) is 21.0. The molecule has 3 rings (SSSR count). The Morgan fingerprint density at radius 1 is 0.974 bits per heavy atom. The lowest BCUT2D eigenvalue weighted by atomic mass is 10.0. The van der Waals surface area contributed by atoms with Crippen molar-refractivity contribution in [2.45, 2.75) is 39.0 Å². The van der Waals surface area contributed by atoms with E-state index < -0.39 is 29.5 Å². The number of amides is 5. The zero-order valence-corrected chi connectivity index (χ0v) is 21.0. The van der Waals surface area contributed by atoms with Gasteiger partial charge in [-0.3, -0.25) is 34.1 Å². The summed E-state index contributed by atoms with van der Waals surface area (Å²) >= 11 is 0. The van der Waals surface area contributed by atoms with E-state index in [9.17, 15) is 29.1 Å². The summed E-state index contributed by atoms with van der Waals surface area (Å²) < 4.78 is 0. The molecule has 0 saturated carbocycles. The number of phenolic OH excluding ortho intramolecular Hbond substituents is 1. The first-order valence-corrected chi connectivity index (χ1v) is 12.3. The summed E-state index contributed by atoms with van der Waals surface area (Å²) in [5, 5.41) is 21.1. The van der Waals surface area contributed by atoms with Gasteiger partial charge in [0.15, 0.2) is 0 Å². The van der Waals surface area contributed by atoms with E-state index in [2.05, 4.69) is 17.2 Å². The number of aromatic hydroxyl groups is 1. The number of hydrogen-bond donors (Lipinski definition) is 4. The fourth-order valence-corrected chi connectivity index (χ4v) is 3.95. The van der Waals surface area contributed by atoms with Crippen LogP contribution in [0.5, 0.6) is 5.75 Å². The summed E-state index contributed by atoms with van der Waals surface area (Å²) in [6.45, 7) is 1.67. The van der Waals surface area contributed by atoms with E-state index in [1.807, 2.05) is 24.3 Å². The van der Waals surface area contributed by atoms with Crippen LogP contribution in [0.3, 0.4) is 0 Å².